The number of amides is 1. The predicted octanol–water partition coefficient (Wildman–Crippen LogP) is 1.26. The zero-order chi connectivity index (χ0) is 16.3. The zero-order valence-electron chi connectivity index (χ0n) is 11.8. The Balaban J connectivity index is 2.19. The quantitative estimate of drug-likeness (QED) is 0.716. The average Bonchev–Trinajstić information content (AvgIpc) is 2.45. The van der Waals surface area contributed by atoms with Crippen LogP contribution in [0.5, 0.6) is 0 Å². The molecular weight excluding hydrogens is 328 g/mol. The molecule has 3 N–H and O–H groups in total. The molecule has 0 radical (unpaired) electrons. The number of hydrogen-bond acceptors (Lipinski definition) is 5. The van der Waals surface area contributed by atoms with Gasteiger partial charge in [0.15, 0.2) is 0 Å². The van der Waals surface area contributed by atoms with Gasteiger partial charge in [0.05, 0.1) is 22.3 Å². The minimum absolute atomic E-state index is 0.00696. The van der Waals surface area contributed by atoms with Crippen LogP contribution in [0.1, 0.15) is 19.8 Å². The first-order valence-electron chi connectivity index (χ1n) is 6.66. The van der Waals surface area contributed by atoms with Crippen LogP contribution >= 0.6 is 11.8 Å². The first-order valence-corrected chi connectivity index (χ1v) is 9.03. The van der Waals surface area contributed by atoms with Crippen molar-refractivity contribution in [2.24, 2.45) is 0 Å². The van der Waals surface area contributed by atoms with Crippen LogP contribution in [-0.2, 0) is 19.6 Å². The standard InChI is InChI=1S/C13H16N2O5S2/c1-2-10-13(18)15-9-7-8(3-4-11(9)21-10)22(19,20)14-6-5-12(16)17/h3-4,7,10,14H,2,5-6H2,1H3,(H,15,18)(H,16,17)/t10-/m0/s1. The van der Waals surface area contributed by atoms with Crippen LogP contribution in [0.3, 0.4) is 0 Å². The monoisotopic (exact) mass is 344 g/mol. The van der Waals surface area contributed by atoms with Crippen LogP contribution in [-0.4, -0.2) is 37.2 Å². The Morgan fingerprint density at radius 2 is 2.18 bits per heavy atom. The van der Waals surface area contributed by atoms with Gasteiger partial charge in [-0.1, -0.05) is 6.92 Å². The van der Waals surface area contributed by atoms with Crippen molar-refractivity contribution in [1.82, 2.24) is 4.72 Å². The molecule has 120 valence electrons. The predicted molar refractivity (Wildman–Crippen MR) is 82.4 cm³/mol. The van der Waals surface area contributed by atoms with Crippen molar-refractivity contribution in [3.8, 4) is 0 Å². The van der Waals surface area contributed by atoms with E-state index in [1.165, 1.54) is 23.9 Å². The SMILES string of the molecule is CC[C@@H]1Sc2ccc(S(=O)(=O)NCCC(=O)O)cc2NC1=O. The summed E-state index contributed by atoms with van der Waals surface area (Å²) in [5.74, 6) is -1.23. The highest BCUT2D eigenvalue weighted by Crippen LogP contribution is 2.37. The number of sulfonamides is 1. The van der Waals surface area contributed by atoms with Crippen LogP contribution in [0.4, 0.5) is 5.69 Å². The maximum absolute atomic E-state index is 12.1. The van der Waals surface area contributed by atoms with E-state index in [4.69, 9.17) is 5.11 Å². The summed E-state index contributed by atoms with van der Waals surface area (Å²) in [4.78, 5) is 23.1. The third-order valence-electron chi connectivity index (χ3n) is 3.08. The van der Waals surface area contributed by atoms with E-state index >= 15 is 0 Å². The lowest BCUT2D eigenvalue weighted by atomic mass is 10.2. The van der Waals surface area contributed by atoms with Gasteiger partial charge in [0.1, 0.15) is 0 Å². The number of aliphatic carboxylic acids is 1. The van der Waals surface area contributed by atoms with Gasteiger partial charge < -0.3 is 10.4 Å². The summed E-state index contributed by atoms with van der Waals surface area (Å²) in [6.07, 6.45) is 0.391. The largest absolute Gasteiger partial charge is 0.481 e. The first-order chi connectivity index (χ1) is 10.3. The molecule has 1 aromatic rings. The van der Waals surface area contributed by atoms with Crippen LogP contribution in [0, 0.1) is 0 Å². The molecule has 0 bridgehead atoms. The average molecular weight is 344 g/mol. The van der Waals surface area contributed by atoms with Crippen molar-refractivity contribution in [1.29, 1.82) is 0 Å². The molecule has 1 aromatic carbocycles. The number of carboxylic acids is 1. The second-order valence-electron chi connectivity index (χ2n) is 4.70. The number of carbonyl (C=O) groups is 2. The van der Waals surface area contributed by atoms with Crippen molar-refractivity contribution < 1.29 is 23.1 Å². The fraction of sp³-hybridized carbons (Fsp3) is 0.385. The summed E-state index contributed by atoms with van der Waals surface area (Å²) >= 11 is 1.40. The lowest BCUT2D eigenvalue weighted by Gasteiger charge is -2.23. The molecule has 9 heteroatoms. The number of anilines is 1. The maximum Gasteiger partial charge on any atom is 0.304 e. The molecule has 1 atom stereocenters. The smallest absolute Gasteiger partial charge is 0.304 e. The summed E-state index contributed by atoms with van der Waals surface area (Å²) in [7, 11) is -3.80. The Morgan fingerprint density at radius 1 is 1.45 bits per heavy atom. The van der Waals surface area contributed by atoms with E-state index < -0.39 is 16.0 Å². The summed E-state index contributed by atoms with van der Waals surface area (Å²) in [5, 5.41) is 11.1. The Labute approximate surface area is 132 Å². The molecule has 1 aliphatic rings. The molecule has 7 nitrogen and oxygen atoms in total. The number of benzene rings is 1. The minimum Gasteiger partial charge on any atom is -0.481 e. The molecule has 0 saturated carbocycles. The number of carbonyl (C=O) groups excluding carboxylic acids is 1. The number of nitrogens with one attached hydrogen (secondary N) is 2. The van der Waals surface area contributed by atoms with Gasteiger partial charge in [-0.3, -0.25) is 9.59 Å². The van der Waals surface area contributed by atoms with Gasteiger partial charge in [-0.2, -0.15) is 0 Å². The summed E-state index contributed by atoms with van der Waals surface area (Å²) in [5.41, 5.74) is 0.459. The highest BCUT2D eigenvalue weighted by Gasteiger charge is 2.26. The van der Waals surface area contributed by atoms with E-state index in [-0.39, 0.29) is 29.0 Å². The molecule has 0 saturated heterocycles. The van der Waals surface area contributed by atoms with Gasteiger partial charge in [-0.15, -0.1) is 11.8 Å². The highest BCUT2D eigenvalue weighted by molar-refractivity contribution is 8.01. The molecule has 1 amide bonds. The number of rotatable bonds is 6. The molecule has 2 rings (SSSR count). The van der Waals surface area contributed by atoms with Crippen LogP contribution < -0.4 is 10.0 Å². The second-order valence-corrected chi connectivity index (χ2v) is 7.71. The van der Waals surface area contributed by atoms with Crippen molar-refractivity contribution in [2.45, 2.75) is 34.8 Å². The van der Waals surface area contributed by atoms with Gasteiger partial charge >= 0.3 is 5.97 Å². The maximum atomic E-state index is 12.1. The molecular formula is C13H16N2O5S2. The van der Waals surface area contributed by atoms with Gasteiger partial charge in [0.2, 0.25) is 15.9 Å². The number of carboxylic acid groups (broad SMARTS) is 1. The molecule has 0 aliphatic carbocycles. The topological polar surface area (TPSA) is 113 Å². The van der Waals surface area contributed by atoms with E-state index in [0.717, 1.165) is 4.90 Å². The van der Waals surface area contributed by atoms with Crippen molar-refractivity contribution in [3.05, 3.63) is 18.2 Å². The minimum atomic E-state index is -3.80. The molecule has 0 unspecified atom stereocenters. The van der Waals surface area contributed by atoms with Crippen LogP contribution in [0.15, 0.2) is 28.0 Å². The molecule has 22 heavy (non-hydrogen) atoms. The third kappa shape index (κ3) is 3.79. The van der Waals surface area contributed by atoms with Crippen molar-refractivity contribution >= 4 is 39.3 Å². The van der Waals surface area contributed by atoms with Gasteiger partial charge in [0.25, 0.3) is 0 Å². The molecule has 0 spiro atoms. The fourth-order valence-corrected chi connectivity index (χ4v) is 4.02. The van der Waals surface area contributed by atoms with Gasteiger partial charge in [-0.25, -0.2) is 13.1 Å². The number of fused-ring (bicyclic) bond motifs is 1. The molecule has 0 aromatic heterocycles. The first kappa shape index (κ1) is 16.8. The third-order valence-corrected chi connectivity index (χ3v) is 5.98. The normalized spacial score (nSPS) is 17.7. The van der Waals surface area contributed by atoms with Gasteiger partial charge in [0, 0.05) is 11.4 Å². The Bertz CT molecular complexity index is 702. The second kappa shape index (κ2) is 6.67. The Hall–Kier alpha value is -1.58. The molecule has 1 aliphatic heterocycles. The van der Waals surface area contributed by atoms with Crippen molar-refractivity contribution in [3.63, 3.8) is 0 Å². The van der Waals surface area contributed by atoms with Crippen molar-refractivity contribution in [2.75, 3.05) is 11.9 Å². The lowest BCUT2D eigenvalue weighted by molar-refractivity contribution is -0.136. The van der Waals surface area contributed by atoms with Crippen LogP contribution in [0.2, 0.25) is 0 Å². The summed E-state index contributed by atoms with van der Waals surface area (Å²) < 4.78 is 26.4. The summed E-state index contributed by atoms with van der Waals surface area (Å²) in [6, 6.07) is 4.47. The fourth-order valence-electron chi connectivity index (χ4n) is 1.94. The highest BCUT2D eigenvalue weighted by atomic mass is 32.2. The summed E-state index contributed by atoms with van der Waals surface area (Å²) in [6.45, 7) is 1.72. The lowest BCUT2D eigenvalue weighted by Crippen LogP contribution is -2.29. The van der Waals surface area contributed by atoms with E-state index in [1.807, 2.05) is 6.92 Å². The van der Waals surface area contributed by atoms with Gasteiger partial charge in [-0.05, 0) is 24.6 Å². The molecule has 0 fully saturated rings. The van der Waals surface area contributed by atoms with E-state index in [9.17, 15) is 18.0 Å². The van der Waals surface area contributed by atoms with E-state index in [1.54, 1.807) is 6.07 Å². The number of thioether (sulfide) groups is 1. The van der Waals surface area contributed by atoms with E-state index in [0.29, 0.717) is 12.1 Å². The molecule has 1 heterocycles. The Morgan fingerprint density at radius 3 is 2.82 bits per heavy atom. The Kier molecular flexibility index (Phi) is 5.09. The van der Waals surface area contributed by atoms with E-state index in [2.05, 4.69) is 10.0 Å². The number of hydrogen-bond donors (Lipinski definition) is 3. The zero-order valence-corrected chi connectivity index (χ0v) is 13.5. The van der Waals surface area contributed by atoms with Crippen LogP contribution in [0.25, 0.3) is 0 Å².